The zero-order chi connectivity index (χ0) is 18.1. The maximum Gasteiger partial charge on any atom is 0.244 e. The van der Waals surface area contributed by atoms with Gasteiger partial charge in [-0.2, -0.15) is 0 Å². The van der Waals surface area contributed by atoms with Crippen LogP contribution in [-0.2, 0) is 16.0 Å². The average Bonchev–Trinajstić information content (AvgIpc) is 2.65. The van der Waals surface area contributed by atoms with Gasteiger partial charge in [0, 0.05) is 16.7 Å². The Labute approximate surface area is 152 Å². The van der Waals surface area contributed by atoms with E-state index in [1.54, 1.807) is 17.8 Å². The third-order valence-corrected chi connectivity index (χ3v) is 4.38. The molecule has 0 aliphatic rings. The fourth-order valence-electron chi connectivity index (χ4n) is 2.26. The van der Waals surface area contributed by atoms with Crippen LogP contribution in [0.3, 0.4) is 0 Å². The second-order valence-corrected chi connectivity index (χ2v) is 6.26. The summed E-state index contributed by atoms with van der Waals surface area (Å²) in [5, 5.41) is 5.41. The molecule has 2 rings (SSSR count). The SMILES string of the molecule is CCc1ccccc1NC(=O)CNC(=O)/C=C/c1ccc(SC)cc1. The predicted octanol–water partition coefficient (Wildman–Crippen LogP) is 3.74. The molecule has 0 saturated carbocycles. The number of nitrogens with one attached hydrogen (secondary N) is 2. The lowest BCUT2D eigenvalue weighted by molar-refractivity contribution is -0.121. The van der Waals surface area contributed by atoms with Crippen LogP contribution in [-0.4, -0.2) is 24.6 Å². The van der Waals surface area contributed by atoms with E-state index in [0.29, 0.717) is 0 Å². The molecule has 2 amide bonds. The number of amides is 2. The van der Waals surface area contributed by atoms with Crippen molar-refractivity contribution in [2.75, 3.05) is 18.1 Å². The summed E-state index contributed by atoms with van der Waals surface area (Å²) >= 11 is 1.67. The van der Waals surface area contributed by atoms with Gasteiger partial charge in [0.1, 0.15) is 0 Å². The molecule has 0 bridgehead atoms. The number of hydrogen-bond acceptors (Lipinski definition) is 3. The lowest BCUT2D eigenvalue weighted by Crippen LogP contribution is -2.31. The van der Waals surface area contributed by atoms with Crippen molar-refractivity contribution in [1.29, 1.82) is 0 Å². The number of rotatable bonds is 7. The van der Waals surface area contributed by atoms with Gasteiger partial charge in [-0.1, -0.05) is 37.3 Å². The smallest absolute Gasteiger partial charge is 0.244 e. The molecule has 0 atom stereocenters. The number of anilines is 1. The maximum absolute atomic E-state index is 12.0. The first-order valence-electron chi connectivity index (χ1n) is 8.10. The lowest BCUT2D eigenvalue weighted by atomic mass is 10.1. The maximum atomic E-state index is 12.0. The molecule has 2 aromatic carbocycles. The number of benzene rings is 2. The molecule has 0 radical (unpaired) electrons. The van der Waals surface area contributed by atoms with Gasteiger partial charge in [0.05, 0.1) is 6.54 Å². The summed E-state index contributed by atoms with van der Waals surface area (Å²) < 4.78 is 0. The van der Waals surface area contributed by atoms with Gasteiger partial charge in [-0.25, -0.2) is 0 Å². The summed E-state index contributed by atoms with van der Waals surface area (Å²) in [6.45, 7) is 1.97. The first-order chi connectivity index (χ1) is 12.1. The minimum absolute atomic E-state index is 0.0629. The Balaban J connectivity index is 1.82. The Morgan fingerprint density at radius 3 is 2.48 bits per heavy atom. The van der Waals surface area contributed by atoms with E-state index in [4.69, 9.17) is 0 Å². The highest BCUT2D eigenvalue weighted by Gasteiger charge is 2.06. The molecule has 0 aliphatic heterocycles. The van der Waals surface area contributed by atoms with Crippen molar-refractivity contribution in [3.63, 3.8) is 0 Å². The molecule has 5 heteroatoms. The highest BCUT2D eigenvalue weighted by Crippen LogP contribution is 2.16. The second-order valence-electron chi connectivity index (χ2n) is 5.38. The molecule has 130 valence electrons. The van der Waals surface area contributed by atoms with Gasteiger partial charge in [0.2, 0.25) is 11.8 Å². The highest BCUT2D eigenvalue weighted by atomic mass is 32.2. The van der Waals surface area contributed by atoms with Crippen LogP contribution in [0.1, 0.15) is 18.1 Å². The van der Waals surface area contributed by atoms with Gasteiger partial charge >= 0.3 is 0 Å². The van der Waals surface area contributed by atoms with Crippen molar-refractivity contribution in [1.82, 2.24) is 5.32 Å². The van der Waals surface area contributed by atoms with Crippen LogP contribution >= 0.6 is 11.8 Å². The molecule has 25 heavy (non-hydrogen) atoms. The van der Waals surface area contributed by atoms with Crippen molar-refractivity contribution in [2.45, 2.75) is 18.2 Å². The molecule has 0 aliphatic carbocycles. The number of hydrogen-bond donors (Lipinski definition) is 2. The number of aryl methyl sites for hydroxylation is 1. The monoisotopic (exact) mass is 354 g/mol. The zero-order valence-electron chi connectivity index (χ0n) is 14.4. The van der Waals surface area contributed by atoms with Crippen LogP contribution < -0.4 is 10.6 Å². The molecule has 0 unspecified atom stereocenters. The minimum atomic E-state index is -0.298. The Bertz CT molecular complexity index is 755. The van der Waals surface area contributed by atoms with E-state index >= 15 is 0 Å². The summed E-state index contributed by atoms with van der Waals surface area (Å²) in [5.74, 6) is -0.542. The largest absolute Gasteiger partial charge is 0.343 e. The molecule has 0 fully saturated rings. The minimum Gasteiger partial charge on any atom is -0.343 e. The van der Waals surface area contributed by atoms with E-state index in [1.165, 1.54) is 11.0 Å². The Morgan fingerprint density at radius 2 is 1.80 bits per heavy atom. The number of para-hydroxylation sites is 1. The normalized spacial score (nSPS) is 10.6. The Morgan fingerprint density at radius 1 is 1.08 bits per heavy atom. The molecule has 0 saturated heterocycles. The van der Waals surface area contributed by atoms with Gasteiger partial charge < -0.3 is 10.6 Å². The van der Waals surface area contributed by atoms with Crippen molar-refractivity contribution < 1.29 is 9.59 Å². The lowest BCUT2D eigenvalue weighted by Gasteiger charge is -2.09. The number of carbonyl (C=O) groups excluding carboxylic acids is 2. The van der Waals surface area contributed by atoms with Gasteiger partial charge in [-0.05, 0) is 48.1 Å². The standard InChI is InChI=1S/C20H22N2O2S/c1-3-16-6-4-5-7-18(16)22-20(24)14-21-19(23)13-10-15-8-11-17(25-2)12-9-15/h4-13H,3,14H2,1-2H3,(H,21,23)(H,22,24)/b13-10+. The van der Waals surface area contributed by atoms with Crippen molar-refractivity contribution >= 4 is 35.3 Å². The molecule has 2 N–H and O–H groups in total. The average molecular weight is 354 g/mol. The molecule has 0 heterocycles. The van der Waals surface area contributed by atoms with Crippen molar-refractivity contribution in [3.05, 3.63) is 65.7 Å². The van der Waals surface area contributed by atoms with Gasteiger partial charge in [0.15, 0.2) is 0 Å². The summed E-state index contributed by atoms with van der Waals surface area (Å²) in [4.78, 5) is 25.0. The van der Waals surface area contributed by atoms with Gasteiger partial charge in [-0.15, -0.1) is 11.8 Å². The topological polar surface area (TPSA) is 58.2 Å². The Hall–Kier alpha value is -2.53. The summed E-state index contributed by atoms with van der Waals surface area (Å²) in [6.07, 6.45) is 6.01. The van der Waals surface area contributed by atoms with Crippen molar-refractivity contribution in [2.24, 2.45) is 0 Å². The molecule has 4 nitrogen and oxygen atoms in total. The van der Waals surface area contributed by atoms with E-state index in [2.05, 4.69) is 10.6 Å². The summed E-state index contributed by atoms with van der Waals surface area (Å²) in [7, 11) is 0. The highest BCUT2D eigenvalue weighted by molar-refractivity contribution is 7.98. The summed E-state index contributed by atoms with van der Waals surface area (Å²) in [5.41, 5.74) is 2.79. The van der Waals surface area contributed by atoms with Crippen LogP contribution in [0.2, 0.25) is 0 Å². The molecule has 0 spiro atoms. The molecule has 0 aromatic heterocycles. The first kappa shape index (κ1) is 18.8. The van der Waals surface area contributed by atoms with E-state index in [0.717, 1.165) is 23.2 Å². The van der Waals surface area contributed by atoms with Crippen LogP contribution in [0.4, 0.5) is 5.69 Å². The van der Waals surface area contributed by atoms with Crippen LogP contribution in [0.5, 0.6) is 0 Å². The van der Waals surface area contributed by atoms with Crippen LogP contribution in [0.15, 0.2) is 59.5 Å². The molecule has 2 aromatic rings. The van der Waals surface area contributed by atoms with E-state index < -0.39 is 0 Å². The van der Waals surface area contributed by atoms with Gasteiger partial charge in [0.25, 0.3) is 0 Å². The van der Waals surface area contributed by atoms with E-state index in [-0.39, 0.29) is 18.4 Å². The third kappa shape index (κ3) is 6.12. The summed E-state index contributed by atoms with van der Waals surface area (Å²) in [6, 6.07) is 15.5. The predicted molar refractivity (Wildman–Crippen MR) is 105 cm³/mol. The van der Waals surface area contributed by atoms with E-state index in [9.17, 15) is 9.59 Å². The second kappa shape index (κ2) is 9.69. The third-order valence-electron chi connectivity index (χ3n) is 3.64. The van der Waals surface area contributed by atoms with Crippen LogP contribution in [0.25, 0.3) is 6.08 Å². The van der Waals surface area contributed by atoms with Crippen molar-refractivity contribution in [3.8, 4) is 0 Å². The Kier molecular flexibility index (Phi) is 7.29. The first-order valence-corrected chi connectivity index (χ1v) is 9.32. The zero-order valence-corrected chi connectivity index (χ0v) is 15.2. The fourth-order valence-corrected chi connectivity index (χ4v) is 2.67. The molecular formula is C20H22N2O2S. The quantitative estimate of drug-likeness (QED) is 0.588. The van der Waals surface area contributed by atoms with Crippen LogP contribution in [0, 0.1) is 0 Å². The van der Waals surface area contributed by atoms with E-state index in [1.807, 2.05) is 61.7 Å². The number of thioether (sulfide) groups is 1. The molecular weight excluding hydrogens is 332 g/mol. The van der Waals surface area contributed by atoms with Gasteiger partial charge in [-0.3, -0.25) is 9.59 Å². The fraction of sp³-hybridized carbons (Fsp3) is 0.200. The number of carbonyl (C=O) groups is 2.